The number of rotatable bonds is 10. The van der Waals surface area contributed by atoms with Crippen LogP contribution in [0, 0.1) is 0 Å². The van der Waals surface area contributed by atoms with E-state index in [9.17, 15) is 4.79 Å². The van der Waals surface area contributed by atoms with E-state index in [2.05, 4.69) is 46.9 Å². The highest BCUT2D eigenvalue weighted by Crippen LogP contribution is 2.43. The largest absolute Gasteiger partial charge is 0.543 e. The Kier molecular flexibility index (Phi) is 9.62. The summed E-state index contributed by atoms with van der Waals surface area (Å²) in [4.78, 5) is 11.7. The van der Waals surface area contributed by atoms with Gasteiger partial charge in [0, 0.05) is 6.54 Å². The Labute approximate surface area is 207 Å². The molecule has 0 saturated carbocycles. The lowest BCUT2D eigenvalue weighted by Crippen LogP contribution is -2.50. The fraction of sp³-hybridized carbons (Fsp3) is 0.536. The van der Waals surface area contributed by atoms with Gasteiger partial charge in [0.05, 0.1) is 0 Å². The second kappa shape index (κ2) is 11.8. The Morgan fingerprint density at radius 2 is 1.24 bits per heavy atom. The summed E-state index contributed by atoms with van der Waals surface area (Å²) >= 11 is 0. The van der Waals surface area contributed by atoms with Gasteiger partial charge in [-0.3, -0.25) is 0 Å². The number of amides is 1. The summed E-state index contributed by atoms with van der Waals surface area (Å²) in [7, 11) is -1.97. The van der Waals surface area contributed by atoms with Crippen LogP contribution in [0.25, 0.3) is 0 Å². The lowest BCUT2D eigenvalue weighted by atomic mass is 10.1. The van der Waals surface area contributed by atoms with Crippen molar-refractivity contribution in [1.29, 1.82) is 0 Å². The van der Waals surface area contributed by atoms with E-state index >= 15 is 0 Å². The van der Waals surface area contributed by atoms with Gasteiger partial charge in [-0.05, 0) is 85.8 Å². The first-order valence-electron chi connectivity index (χ1n) is 12.4. The maximum atomic E-state index is 11.7. The molecular formula is C28H43NO4Si. The summed E-state index contributed by atoms with van der Waals surface area (Å²) in [5.41, 5.74) is 2.21. The number of hydrogen-bond acceptors (Lipinski definition) is 4. The zero-order valence-corrected chi connectivity index (χ0v) is 23.4. The molecule has 2 aromatic carbocycles. The predicted molar refractivity (Wildman–Crippen MR) is 143 cm³/mol. The summed E-state index contributed by atoms with van der Waals surface area (Å²) in [6, 6.07) is 15.9. The first-order valence-corrected chi connectivity index (χ1v) is 14.5. The Morgan fingerprint density at radius 1 is 0.794 bits per heavy atom. The molecule has 0 heterocycles. The molecule has 5 nitrogen and oxygen atoms in total. The van der Waals surface area contributed by atoms with Gasteiger partial charge in [0.25, 0.3) is 8.32 Å². The van der Waals surface area contributed by atoms with E-state index in [-0.39, 0.29) is 0 Å². The van der Waals surface area contributed by atoms with Gasteiger partial charge < -0.3 is 19.2 Å². The smallest absolute Gasteiger partial charge is 0.407 e. The summed E-state index contributed by atoms with van der Waals surface area (Å²) in [5.74, 6) is 2.47. The van der Waals surface area contributed by atoms with Crippen molar-refractivity contribution in [3.8, 4) is 17.2 Å². The molecule has 0 unspecified atom stereocenters. The zero-order valence-electron chi connectivity index (χ0n) is 22.4. The van der Waals surface area contributed by atoms with E-state index in [1.165, 1.54) is 0 Å². The van der Waals surface area contributed by atoms with Crippen molar-refractivity contribution >= 4 is 14.4 Å². The average Bonchev–Trinajstić information content (AvgIpc) is 2.72. The quantitative estimate of drug-likeness (QED) is 0.345. The molecule has 0 aliphatic carbocycles. The lowest BCUT2D eigenvalue weighted by molar-refractivity contribution is 0.0528. The number of hydrogen-bond donors (Lipinski definition) is 1. The van der Waals surface area contributed by atoms with Crippen molar-refractivity contribution in [1.82, 2.24) is 5.32 Å². The van der Waals surface area contributed by atoms with E-state index < -0.39 is 20.0 Å². The van der Waals surface area contributed by atoms with Crippen LogP contribution in [0.15, 0.2) is 48.5 Å². The van der Waals surface area contributed by atoms with Gasteiger partial charge in [-0.15, -0.1) is 0 Å². The molecule has 6 heteroatoms. The molecule has 0 saturated heterocycles. The van der Waals surface area contributed by atoms with Gasteiger partial charge in [-0.2, -0.15) is 0 Å². The average molecular weight is 486 g/mol. The van der Waals surface area contributed by atoms with Crippen LogP contribution >= 0.6 is 0 Å². The minimum absolute atomic E-state index is 0.394. The SMILES string of the molecule is CC(C)[Si](Oc1ccc(Oc2ccc(CCNC(=O)OC(C)(C)C)cc2)cc1)(C(C)C)C(C)C. The third-order valence-electron chi connectivity index (χ3n) is 6.07. The Hall–Kier alpha value is -2.47. The molecule has 34 heavy (non-hydrogen) atoms. The topological polar surface area (TPSA) is 56.8 Å². The number of nitrogens with one attached hydrogen (secondary N) is 1. The van der Waals surface area contributed by atoms with Crippen molar-refractivity contribution in [2.24, 2.45) is 0 Å². The number of carbonyl (C=O) groups is 1. The second-order valence-corrected chi connectivity index (χ2v) is 16.2. The Balaban J connectivity index is 1.94. The normalized spacial score (nSPS) is 12.2. The molecular weight excluding hydrogens is 442 g/mol. The number of benzene rings is 2. The van der Waals surface area contributed by atoms with E-state index in [1.807, 2.05) is 69.3 Å². The monoisotopic (exact) mass is 485 g/mol. The maximum absolute atomic E-state index is 11.7. The molecule has 1 N–H and O–H groups in total. The van der Waals surface area contributed by atoms with E-state index in [0.717, 1.165) is 29.2 Å². The van der Waals surface area contributed by atoms with E-state index in [1.54, 1.807) is 0 Å². The molecule has 0 bridgehead atoms. The third-order valence-corrected chi connectivity index (χ3v) is 12.1. The van der Waals surface area contributed by atoms with Crippen LogP contribution in [0.3, 0.4) is 0 Å². The molecule has 2 rings (SSSR count). The van der Waals surface area contributed by atoms with E-state index in [0.29, 0.717) is 23.2 Å². The minimum atomic E-state index is -1.97. The van der Waals surface area contributed by atoms with Gasteiger partial charge >= 0.3 is 6.09 Å². The van der Waals surface area contributed by atoms with Crippen LogP contribution in [0.5, 0.6) is 17.2 Å². The Morgan fingerprint density at radius 3 is 1.68 bits per heavy atom. The summed E-state index contributed by atoms with van der Waals surface area (Å²) < 4.78 is 18.0. The van der Waals surface area contributed by atoms with Crippen molar-refractivity contribution in [3.63, 3.8) is 0 Å². The van der Waals surface area contributed by atoms with Crippen molar-refractivity contribution in [2.75, 3.05) is 6.54 Å². The highest BCUT2D eigenvalue weighted by atomic mass is 28.4. The van der Waals surface area contributed by atoms with Gasteiger partial charge in [-0.25, -0.2) is 4.79 Å². The highest BCUT2D eigenvalue weighted by Gasteiger charge is 2.46. The van der Waals surface area contributed by atoms with Gasteiger partial charge in [0.15, 0.2) is 0 Å². The second-order valence-electron chi connectivity index (χ2n) is 10.8. The standard InChI is InChI=1S/C28H43NO4Si/c1-20(2)34(21(3)4,22(5)6)33-26-16-14-25(15-17-26)31-24-12-10-23(11-13-24)18-19-29-27(30)32-28(7,8)9/h10-17,20-22H,18-19H2,1-9H3,(H,29,30). The molecule has 1 amide bonds. The lowest BCUT2D eigenvalue weighted by Gasteiger charge is -2.42. The van der Waals surface area contributed by atoms with Crippen LogP contribution in [0.4, 0.5) is 4.79 Å². The van der Waals surface area contributed by atoms with Crippen LogP contribution < -0.4 is 14.5 Å². The van der Waals surface area contributed by atoms with Gasteiger partial charge in [-0.1, -0.05) is 53.7 Å². The highest BCUT2D eigenvalue weighted by molar-refractivity contribution is 6.78. The molecule has 2 aromatic rings. The molecule has 0 spiro atoms. The van der Waals surface area contributed by atoms with Crippen LogP contribution in [-0.4, -0.2) is 26.6 Å². The minimum Gasteiger partial charge on any atom is -0.543 e. The maximum Gasteiger partial charge on any atom is 0.407 e. The van der Waals surface area contributed by atoms with Gasteiger partial charge in [0.2, 0.25) is 0 Å². The summed E-state index contributed by atoms with van der Waals surface area (Å²) in [6.07, 6.45) is 0.327. The van der Waals surface area contributed by atoms with Crippen LogP contribution in [0.2, 0.25) is 16.6 Å². The fourth-order valence-corrected chi connectivity index (χ4v) is 9.87. The molecule has 188 valence electrons. The molecule has 0 radical (unpaired) electrons. The number of carbonyl (C=O) groups excluding carboxylic acids is 1. The molecule has 0 aliphatic heterocycles. The molecule has 0 atom stereocenters. The van der Waals surface area contributed by atoms with Crippen LogP contribution in [-0.2, 0) is 11.2 Å². The zero-order chi connectivity index (χ0) is 25.5. The van der Waals surface area contributed by atoms with E-state index in [4.69, 9.17) is 13.9 Å². The summed E-state index contributed by atoms with van der Waals surface area (Å²) in [5, 5.41) is 2.78. The van der Waals surface area contributed by atoms with Crippen molar-refractivity contribution in [3.05, 3.63) is 54.1 Å². The van der Waals surface area contributed by atoms with Crippen molar-refractivity contribution in [2.45, 2.75) is 91.0 Å². The Bertz CT molecular complexity index is 878. The predicted octanol–water partition coefficient (Wildman–Crippen LogP) is 8.10. The fourth-order valence-electron chi connectivity index (χ4n) is 4.62. The number of ether oxygens (including phenoxy) is 2. The summed E-state index contributed by atoms with van der Waals surface area (Å²) in [6.45, 7) is 19.8. The first kappa shape index (κ1) is 27.8. The van der Waals surface area contributed by atoms with Crippen molar-refractivity contribution < 1.29 is 18.7 Å². The first-order chi connectivity index (χ1) is 15.8. The number of alkyl carbamates (subject to hydrolysis) is 1. The van der Waals surface area contributed by atoms with Gasteiger partial charge in [0.1, 0.15) is 22.8 Å². The molecule has 0 fully saturated rings. The third kappa shape index (κ3) is 7.79. The molecule has 0 aromatic heterocycles. The molecule has 0 aliphatic rings. The van der Waals surface area contributed by atoms with Crippen LogP contribution in [0.1, 0.15) is 67.9 Å².